The van der Waals surface area contributed by atoms with Gasteiger partial charge in [0.05, 0.1) is 12.1 Å². The highest BCUT2D eigenvalue weighted by Gasteiger charge is 2.17. The fourth-order valence-corrected chi connectivity index (χ4v) is 2.03. The standard InChI is InChI=1S/C14H18N4O/c1-9-4-6-10(7-5-9)13-11(8-12(15)19)14(17-16-13)18(2)3/h4-7H,8H2,1-3H3,(H2,15,19)(H,16,17). The molecule has 2 rings (SSSR count). The van der Waals surface area contributed by atoms with E-state index >= 15 is 0 Å². The second-order valence-corrected chi connectivity index (χ2v) is 4.80. The van der Waals surface area contributed by atoms with Crippen LogP contribution in [0.15, 0.2) is 24.3 Å². The van der Waals surface area contributed by atoms with Gasteiger partial charge in [-0.25, -0.2) is 0 Å². The summed E-state index contributed by atoms with van der Waals surface area (Å²) >= 11 is 0. The van der Waals surface area contributed by atoms with Gasteiger partial charge < -0.3 is 10.6 Å². The van der Waals surface area contributed by atoms with Crippen molar-refractivity contribution in [3.8, 4) is 11.3 Å². The van der Waals surface area contributed by atoms with Crippen LogP contribution in [0.5, 0.6) is 0 Å². The van der Waals surface area contributed by atoms with E-state index in [9.17, 15) is 4.79 Å². The van der Waals surface area contributed by atoms with E-state index in [2.05, 4.69) is 10.2 Å². The Hall–Kier alpha value is -2.30. The van der Waals surface area contributed by atoms with E-state index in [1.165, 1.54) is 5.56 Å². The highest BCUT2D eigenvalue weighted by Crippen LogP contribution is 2.28. The van der Waals surface area contributed by atoms with E-state index in [4.69, 9.17) is 5.73 Å². The second kappa shape index (κ2) is 5.14. The molecule has 0 saturated heterocycles. The number of aromatic nitrogens is 2. The Morgan fingerprint density at radius 2 is 1.95 bits per heavy atom. The number of carbonyl (C=O) groups is 1. The van der Waals surface area contributed by atoms with E-state index in [1.54, 1.807) is 0 Å². The number of anilines is 1. The Morgan fingerprint density at radius 1 is 1.32 bits per heavy atom. The maximum absolute atomic E-state index is 11.2. The SMILES string of the molecule is Cc1ccc(-c2[nH]nc(N(C)C)c2CC(N)=O)cc1. The van der Waals surface area contributed by atoms with E-state index in [0.29, 0.717) is 0 Å². The number of amides is 1. The van der Waals surface area contributed by atoms with Gasteiger partial charge in [-0.05, 0) is 12.5 Å². The number of hydrogen-bond acceptors (Lipinski definition) is 3. The van der Waals surface area contributed by atoms with Crippen LogP contribution >= 0.6 is 0 Å². The van der Waals surface area contributed by atoms with Gasteiger partial charge in [-0.15, -0.1) is 0 Å². The van der Waals surface area contributed by atoms with Gasteiger partial charge in [0, 0.05) is 19.7 Å². The monoisotopic (exact) mass is 258 g/mol. The van der Waals surface area contributed by atoms with Gasteiger partial charge >= 0.3 is 0 Å². The Labute approximate surface area is 112 Å². The molecule has 5 heteroatoms. The van der Waals surface area contributed by atoms with Crippen molar-refractivity contribution in [2.45, 2.75) is 13.3 Å². The number of nitrogens with two attached hydrogens (primary N) is 1. The van der Waals surface area contributed by atoms with Gasteiger partial charge in [-0.1, -0.05) is 29.8 Å². The molecule has 0 aliphatic heterocycles. The quantitative estimate of drug-likeness (QED) is 0.872. The van der Waals surface area contributed by atoms with Crippen LogP contribution in [0.2, 0.25) is 0 Å². The summed E-state index contributed by atoms with van der Waals surface area (Å²) in [4.78, 5) is 13.1. The van der Waals surface area contributed by atoms with Crippen molar-refractivity contribution in [1.29, 1.82) is 0 Å². The number of primary amides is 1. The van der Waals surface area contributed by atoms with Crippen molar-refractivity contribution in [3.63, 3.8) is 0 Å². The van der Waals surface area contributed by atoms with Gasteiger partial charge in [0.15, 0.2) is 5.82 Å². The number of hydrogen-bond donors (Lipinski definition) is 2. The summed E-state index contributed by atoms with van der Waals surface area (Å²) in [7, 11) is 3.78. The molecular formula is C14H18N4O. The molecule has 1 heterocycles. The molecule has 0 aliphatic carbocycles. The molecule has 1 aromatic carbocycles. The summed E-state index contributed by atoms with van der Waals surface area (Å²) in [6, 6.07) is 8.07. The molecule has 0 radical (unpaired) electrons. The van der Waals surface area contributed by atoms with Gasteiger partial charge in [0.2, 0.25) is 5.91 Å². The first-order valence-electron chi connectivity index (χ1n) is 6.09. The number of aromatic amines is 1. The Morgan fingerprint density at radius 3 is 2.47 bits per heavy atom. The van der Waals surface area contributed by atoms with Gasteiger partial charge in [0.1, 0.15) is 0 Å². The summed E-state index contributed by atoms with van der Waals surface area (Å²) in [5, 5.41) is 7.26. The Kier molecular flexibility index (Phi) is 3.55. The molecule has 0 saturated carbocycles. The summed E-state index contributed by atoms with van der Waals surface area (Å²) in [5.41, 5.74) is 9.20. The van der Waals surface area contributed by atoms with Gasteiger partial charge in [-0.3, -0.25) is 9.89 Å². The fourth-order valence-electron chi connectivity index (χ4n) is 2.03. The first kappa shape index (κ1) is 13.1. The van der Waals surface area contributed by atoms with Crippen LogP contribution in [-0.2, 0) is 11.2 Å². The largest absolute Gasteiger partial charge is 0.369 e. The predicted molar refractivity (Wildman–Crippen MR) is 76.0 cm³/mol. The van der Waals surface area contributed by atoms with Crippen LogP contribution in [0.3, 0.4) is 0 Å². The third kappa shape index (κ3) is 2.76. The molecule has 0 unspecified atom stereocenters. The first-order valence-corrected chi connectivity index (χ1v) is 6.09. The normalized spacial score (nSPS) is 10.5. The van der Waals surface area contributed by atoms with Crippen LogP contribution in [-0.4, -0.2) is 30.2 Å². The van der Waals surface area contributed by atoms with Crippen molar-refractivity contribution in [2.75, 3.05) is 19.0 Å². The van der Waals surface area contributed by atoms with E-state index in [0.717, 1.165) is 22.6 Å². The van der Waals surface area contributed by atoms with E-state index in [-0.39, 0.29) is 12.3 Å². The summed E-state index contributed by atoms with van der Waals surface area (Å²) in [5.74, 6) is 0.382. The molecule has 0 fully saturated rings. The third-order valence-corrected chi connectivity index (χ3v) is 2.96. The van der Waals surface area contributed by atoms with Gasteiger partial charge in [0.25, 0.3) is 0 Å². The summed E-state index contributed by atoms with van der Waals surface area (Å²) < 4.78 is 0. The topological polar surface area (TPSA) is 75.0 Å². The molecule has 2 aromatic rings. The lowest BCUT2D eigenvalue weighted by Crippen LogP contribution is -2.17. The number of H-pyrrole nitrogens is 1. The molecule has 19 heavy (non-hydrogen) atoms. The Balaban J connectivity index is 2.50. The average molecular weight is 258 g/mol. The molecule has 0 atom stereocenters. The minimum absolute atomic E-state index is 0.174. The number of nitrogens with zero attached hydrogens (tertiary/aromatic N) is 2. The smallest absolute Gasteiger partial charge is 0.222 e. The van der Waals surface area contributed by atoms with Crippen molar-refractivity contribution >= 4 is 11.7 Å². The minimum atomic E-state index is -0.363. The molecule has 0 bridgehead atoms. The zero-order valence-corrected chi connectivity index (χ0v) is 11.4. The van der Waals surface area contributed by atoms with Crippen LogP contribution < -0.4 is 10.6 Å². The van der Waals surface area contributed by atoms with Crippen molar-refractivity contribution in [2.24, 2.45) is 5.73 Å². The lowest BCUT2D eigenvalue weighted by molar-refractivity contribution is -0.117. The predicted octanol–water partition coefficient (Wildman–Crippen LogP) is 1.48. The molecule has 0 aliphatic rings. The molecule has 5 nitrogen and oxygen atoms in total. The molecule has 100 valence electrons. The maximum Gasteiger partial charge on any atom is 0.222 e. The van der Waals surface area contributed by atoms with Crippen LogP contribution in [0.25, 0.3) is 11.3 Å². The lowest BCUT2D eigenvalue weighted by atomic mass is 10.0. The van der Waals surface area contributed by atoms with Gasteiger partial charge in [-0.2, -0.15) is 5.10 Å². The fraction of sp³-hybridized carbons (Fsp3) is 0.286. The number of aryl methyl sites for hydroxylation is 1. The zero-order valence-electron chi connectivity index (χ0n) is 11.4. The molecule has 0 spiro atoms. The number of benzene rings is 1. The molecule has 1 aromatic heterocycles. The van der Waals surface area contributed by atoms with Crippen molar-refractivity contribution in [1.82, 2.24) is 10.2 Å². The van der Waals surface area contributed by atoms with E-state index < -0.39 is 0 Å². The molecule has 3 N–H and O–H groups in total. The highest BCUT2D eigenvalue weighted by atomic mass is 16.1. The zero-order chi connectivity index (χ0) is 14.0. The minimum Gasteiger partial charge on any atom is -0.369 e. The first-order chi connectivity index (χ1) is 8.99. The van der Waals surface area contributed by atoms with Crippen molar-refractivity contribution in [3.05, 3.63) is 35.4 Å². The Bertz CT molecular complexity index is 584. The average Bonchev–Trinajstić information content (AvgIpc) is 2.73. The van der Waals surface area contributed by atoms with Crippen LogP contribution in [0.4, 0.5) is 5.82 Å². The number of rotatable bonds is 4. The molecular weight excluding hydrogens is 240 g/mol. The maximum atomic E-state index is 11.2. The van der Waals surface area contributed by atoms with Crippen LogP contribution in [0.1, 0.15) is 11.1 Å². The summed E-state index contributed by atoms with van der Waals surface area (Å²) in [6.45, 7) is 2.03. The lowest BCUT2D eigenvalue weighted by Gasteiger charge is -2.11. The third-order valence-electron chi connectivity index (χ3n) is 2.96. The highest BCUT2D eigenvalue weighted by molar-refractivity contribution is 5.82. The van der Waals surface area contributed by atoms with Crippen LogP contribution in [0, 0.1) is 6.92 Å². The number of nitrogens with one attached hydrogen (secondary N) is 1. The molecule has 1 amide bonds. The van der Waals surface area contributed by atoms with E-state index in [1.807, 2.05) is 50.2 Å². The number of carbonyl (C=O) groups excluding carboxylic acids is 1. The second-order valence-electron chi connectivity index (χ2n) is 4.80. The van der Waals surface area contributed by atoms with Crippen molar-refractivity contribution < 1.29 is 4.79 Å². The summed E-state index contributed by atoms with van der Waals surface area (Å²) in [6.07, 6.45) is 0.174.